The highest BCUT2D eigenvalue weighted by atomic mass is 16.7. The van der Waals surface area contributed by atoms with Crippen LogP contribution < -0.4 is 0 Å². The molecule has 10 atom stereocenters. The zero-order chi connectivity index (χ0) is 32.4. The van der Waals surface area contributed by atoms with E-state index in [4.69, 9.17) is 42.6 Å². The predicted octanol–water partition coefficient (Wildman–Crippen LogP) is -0.122. The van der Waals surface area contributed by atoms with Gasteiger partial charge >= 0.3 is 35.8 Å². The van der Waals surface area contributed by atoms with Crippen LogP contribution in [0.25, 0.3) is 0 Å². The molecule has 2 rings (SSSR count). The average molecular weight is 621 g/mol. The van der Waals surface area contributed by atoms with Gasteiger partial charge in [-0.1, -0.05) is 0 Å². The first-order valence-corrected chi connectivity index (χ1v) is 13.7. The lowest BCUT2D eigenvalue weighted by atomic mass is 9.91. The molecule has 0 aromatic heterocycles. The fourth-order valence-electron chi connectivity index (χ4n) is 4.91. The Balaban J connectivity index is 2.60. The fraction of sp³-hybridized carbons (Fsp3) is 0.778. The van der Waals surface area contributed by atoms with Crippen molar-refractivity contribution >= 4 is 35.8 Å². The molecule has 2 aliphatic heterocycles. The molecular formula is C27H40O16. The van der Waals surface area contributed by atoms with Crippen LogP contribution >= 0.6 is 0 Å². The summed E-state index contributed by atoms with van der Waals surface area (Å²) in [5.74, 6) is -4.52. The Morgan fingerprint density at radius 1 is 0.581 bits per heavy atom. The highest BCUT2D eigenvalue weighted by Crippen LogP contribution is 2.36. The van der Waals surface area contributed by atoms with E-state index in [0.717, 1.165) is 34.6 Å². The van der Waals surface area contributed by atoms with Gasteiger partial charge in [0.25, 0.3) is 0 Å². The maximum Gasteiger partial charge on any atom is 0.303 e. The van der Waals surface area contributed by atoms with Gasteiger partial charge in [0, 0.05) is 48.1 Å². The molecule has 16 nitrogen and oxygen atoms in total. The molecule has 244 valence electrons. The molecule has 1 N–H and O–H groups in total. The number of esters is 6. The third-order valence-electron chi connectivity index (χ3n) is 6.36. The Bertz CT molecular complexity index is 1010. The topological polar surface area (TPSA) is 206 Å². The summed E-state index contributed by atoms with van der Waals surface area (Å²) in [4.78, 5) is 71.9. The van der Waals surface area contributed by atoms with Crippen LogP contribution in [-0.2, 0) is 71.4 Å². The summed E-state index contributed by atoms with van der Waals surface area (Å²) < 4.78 is 50.7. The predicted molar refractivity (Wildman–Crippen MR) is 139 cm³/mol. The molecule has 0 bridgehead atoms. The van der Waals surface area contributed by atoms with Crippen LogP contribution in [0.3, 0.4) is 0 Å². The van der Waals surface area contributed by atoms with Gasteiger partial charge in [0.2, 0.25) is 0 Å². The number of hydrogen-bond donors (Lipinski definition) is 1. The van der Waals surface area contributed by atoms with E-state index in [1.165, 1.54) is 13.8 Å². The molecule has 0 radical (unpaired) electrons. The smallest absolute Gasteiger partial charge is 0.303 e. The molecule has 2 aliphatic rings. The Kier molecular flexibility index (Phi) is 13.8. The number of ether oxygens (including phenoxy) is 9. The SMILES string of the molecule is CC(=O)OCC1O[C@@H](CCCO)C(O[C@@H]2OC(C)[C@H](OC(C)=O)C(OC(C)=O)C2OC(C)=O)C(OC(C)=O)[C@@H]1OC(C)=O. The molecule has 2 heterocycles. The van der Waals surface area contributed by atoms with Gasteiger partial charge < -0.3 is 47.7 Å². The number of hydrogen-bond acceptors (Lipinski definition) is 16. The van der Waals surface area contributed by atoms with Crippen molar-refractivity contribution in [1.29, 1.82) is 0 Å². The highest BCUT2D eigenvalue weighted by molar-refractivity contribution is 5.69. The molecular weight excluding hydrogens is 580 g/mol. The number of aliphatic hydroxyl groups is 1. The maximum absolute atomic E-state index is 12.3. The van der Waals surface area contributed by atoms with Crippen molar-refractivity contribution < 1.29 is 76.5 Å². The summed E-state index contributed by atoms with van der Waals surface area (Å²) in [6, 6.07) is 0. The van der Waals surface area contributed by atoms with Crippen LogP contribution in [0.4, 0.5) is 0 Å². The molecule has 0 aromatic carbocycles. The lowest BCUT2D eigenvalue weighted by Gasteiger charge is -2.48. The minimum Gasteiger partial charge on any atom is -0.463 e. The Morgan fingerprint density at radius 2 is 1.05 bits per heavy atom. The van der Waals surface area contributed by atoms with E-state index in [2.05, 4.69) is 0 Å². The highest BCUT2D eigenvalue weighted by Gasteiger charge is 2.56. The van der Waals surface area contributed by atoms with E-state index in [1.54, 1.807) is 0 Å². The third-order valence-corrected chi connectivity index (χ3v) is 6.36. The van der Waals surface area contributed by atoms with Gasteiger partial charge in [-0.25, -0.2) is 0 Å². The van der Waals surface area contributed by atoms with Gasteiger partial charge in [0.15, 0.2) is 36.8 Å². The van der Waals surface area contributed by atoms with Crippen molar-refractivity contribution in [3.63, 3.8) is 0 Å². The monoisotopic (exact) mass is 620 g/mol. The van der Waals surface area contributed by atoms with Crippen LogP contribution in [0.1, 0.15) is 61.3 Å². The van der Waals surface area contributed by atoms with Gasteiger partial charge in [-0.05, 0) is 19.8 Å². The van der Waals surface area contributed by atoms with Gasteiger partial charge in [-0.15, -0.1) is 0 Å². The van der Waals surface area contributed by atoms with Gasteiger partial charge in [-0.2, -0.15) is 0 Å². The molecule has 0 aliphatic carbocycles. The fourth-order valence-corrected chi connectivity index (χ4v) is 4.91. The summed E-state index contributed by atoms with van der Waals surface area (Å²) in [5.41, 5.74) is 0. The summed E-state index contributed by atoms with van der Waals surface area (Å²) in [6.45, 7) is 7.61. The molecule has 2 fully saturated rings. The zero-order valence-electron chi connectivity index (χ0n) is 25.2. The minimum absolute atomic E-state index is 0.117. The molecule has 0 aromatic rings. The van der Waals surface area contributed by atoms with Gasteiger partial charge in [0.05, 0.1) is 12.2 Å². The second kappa shape index (κ2) is 16.5. The first kappa shape index (κ1) is 35.9. The van der Waals surface area contributed by atoms with Crippen molar-refractivity contribution in [3.05, 3.63) is 0 Å². The molecule has 0 spiro atoms. The second-order valence-corrected chi connectivity index (χ2v) is 10.1. The number of carbonyl (C=O) groups excluding carboxylic acids is 6. The van der Waals surface area contributed by atoms with Crippen LogP contribution in [0, 0.1) is 0 Å². The standard InChI is InChI=1S/C27H40O16/c1-12-21(37-14(3)30)24(39-16(5)32)26(41-18(7)34)27(36-12)43-22-19(9-8-10-28)42-20(11-35-13(2)29)23(38-15(4)31)25(22)40-17(6)33/h12,19-28H,8-11H2,1-7H3/t12?,19-,20?,21-,22?,23+,24?,25?,26?,27-/m0/s1. The van der Waals surface area contributed by atoms with Crippen molar-refractivity contribution in [3.8, 4) is 0 Å². The van der Waals surface area contributed by atoms with Crippen LogP contribution in [0.5, 0.6) is 0 Å². The second-order valence-electron chi connectivity index (χ2n) is 10.1. The first-order valence-electron chi connectivity index (χ1n) is 13.7. The molecule has 0 amide bonds. The van der Waals surface area contributed by atoms with Crippen molar-refractivity contribution in [1.82, 2.24) is 0 Å². The van der Waals surface area contributed by atoms with Gasteiger partial charge in [-0.3, -0.25) is 28.8 Å². The minimum atomic E-state index is -1.53. The molecule has 2 saturated heterocycles. The summed E-state index contributed by atoms with van der Waals surface area (Å²) in [7, 11) is 0. The van der Waals surface area contributed by atoms with E-state index >= 15 is 0 Å². The van der Waals surface area contributed by atoms with Gasteiger partial charge in [0.1, 0.15) is 18.8 Å². The average Bonchev–Trinajstić information content (AvgIpc) is 2.87. The Hall–Kier alpha value is -3.34. The lowest BCUT2D eigenvalue weighted by Crippen LogP contribution is -2.66. The summed E-state index contributed by atoms with van der Waals surface area (Å²) in [5, 5.41) is 9.53. The number of carbonyl (C=O) groups is 6. The normalized spacial score (nSPS) is 32.1. The number of aliphatic hydroxyl groups excluding tert-OH is 1. The molecule has 43 heavy (non-hydrogen) atoms. The van der Waals surface area contributed by atoms with Crippen LogP contribution in [-0.4, -0.2) is 115 Å². The van der Waals surface area contributed by atoms with E-state index in [-0.39, 0.29) is 26.1 Å². The lowest BCUT2D eigenvalue weighted by molar-refractivity contribution is -0.340. The third kappa shape index (κ3) is 10.7. The summed E-state index contributed by atoms with van der Waals surface area (Å²) in [6.07, 6.45) is -12.4. The van der Waals surface area contributed by atoms with E-state index in [9.17, 15) is 33.9 Å². The Morgan fingerprint density at radius 3 is 1.53 bits per heavy atom. The van der Waals surface area contributed by atoms with Crippen molar-refractivity contribution in [2.24, 2.45) is 0 Å². The van der Waals surface area contributed by atoms with E-state index in [0.29, 0.717) is 0 Å². The Labute approximate surface area is 248 Å². The van der Waals surface area contributed by atoms with E-state index in [1.807, 2.05) is 0 Å². The quantitative estimate of drug-likeness (QED) is 0.223. The molecule has 16 heteroatoms. The van der Waals surface area contributed by atoms with Crippen LogP contribution in [0.2, 0.25) is 0 Å². The zero-order valence-corrected chi connectivity index (χ0v) is 25.2. The van der Waals surface area contributed by atoms with Crippen molar-refractivity contribution in [2.45, 2.75) is 123 Å². The van der Waals surface area contributed by atoms with E-state index < -0.39 is 97.0 Å². The molecule has 6 unspecified atom stereocenters. The maximum atomic E-state index is 12.3. The van der Waals surface area contributed by atoms with Crippen LogP contribution in [0.15, 0.2) is 0 Å². The molecule has 0 saturated carbocycles. The van der Waals surface area contributed by atoms with Crippen molar-refractivity contribution in [2.75, 3.05) is 13.2 Å². The largest absolute Gasteiger partial charge is 0.463 e. The number of rotatable bonds is 12. The summed E-state index contributed by atoms with van der Waals surface area (Å²) >= 11 is 0. The first-order chi connectivity index (χ1) is 20.1.